The lowest BCUT2D eigenvalue weighted by molar-refractivity contribution is -0.166. The molecule has 5 heteroatoms. The minimum Gasteiger partial charge on any atom is -0.461 e. The summed E-state index contributed by atoms with van der Waals surface area (Å²) in [7, 11) is 0. The third kappa shape index (κ3) is 9.78. The Morgan fingerprint density at radius 2 is 1.85 bits per heavy atom. The molecule has 0 radical (unpaired) electrons. The van der Waals surface area contributed by atoms with Gasteiger partial charge in [0, 0.05) is 13.5 Å². The summed E-state index contributed by atoms with van der Waals surface area (Å²) in [6, 6.07) is 0. The summed E-state index contributed by atoms with van der Waals surface area (Å²) in [6.45, 7) is 8.35. The number of carbonyl (C=O) groups is 2. The van der Waals surface area contributed by atoms with Crippen LogP contribution in [0.3, 0.4) is 0 Å². The van der Waals surface area contributed by atoms with Gasteiger partial charge in [-0.05, 0) is 19.3 Å². The lowest BCUT2D eigenvalue weighted by atomic mass is 10.0. The van der Waals surface area contributed by atoms with E-state index in [0.717, 1.165) is 6.42 Å². The third-order valence-corrected chi connectivity index (χ3v) is 3.04. The molecule has 2 atom stereocenters. The van der Waals surface area contributed by atoms with Crippen LogP contribution in [0.5, 0.6) is 0 Å². The van der Waals surface area contributed by atoms with Gasteiger partial charge >= 0.3 is 11.9 Å². The second-order valence-electron chi connectivity index (χ2n) is 4.91. The molecule has 0 aliphatic carbocycles. The maximum Gasteiger partial charge on any atom is 0.347 e. The molecule has 2 unspecified atom stereocenters. The summed E-state index contributed by atoms with van der Waals surface area (Å²) in [5.74, 6) is -0.458. The third-order valence-electron chi connectivity index (χ3n) is 3.04. The molecule has 0 rings (SSSR count). The van der Waals surface area contributed by atoms with Crippen LogP contribution in [0.4, 0.5) is 0 Å². The number of unbranched alkanes of at least 4 members (excludes halogenated alkanes) is 1. The van der Waals surface area contributed by atoms with Gasteiger partial charge in [-0.25, -0.2) is 4.79 Å². The smallest absolute Gasteiger partial charge is 0.347 e. The van der Waals surface area contributed by atoms with E-state index in [1.165, 1.54) is 33.1 Å². The summed E-state index contributed by atoms with van der Waals surface area (Å²) in [5.41, 5.74) is 0. The van der Waals surface area contributed by atoms with Crippen molar-refractivity contribution in [2.45, 2.75) is 59.5 Å². The predicted octanol–water partition coefficient (Wildman–Crippen LogP) is 2.71. The number of hydrogen-bond acceptors (Lipinski definition) is 5. The number of hydrogen-bond donors (Lipinski definition) is 0. The molecule has 0 fully saturated rings. The molecule has 118 valence electrons. The number of ether oxygens (including phenoxy) is 3. The molecule has 0 aliphatic heterocycles. The largest absolute Gasteiger partial charge is 0.461 e. The van der Waals surface area contributed by atoms with Crippen LogP contribution in [0, 0.1) is 5.92 Å². The first kappa shape index (κ1) is 18.9. The van der Waals surface area contributed by atoms with Gasteiger partial charge in [0.2, 0.25) is 0 Å². The zero-order valence-electron chi connectivity index (χ0n) is 13.1. The van der Waals surface area contributed by atoms with E-state index in [2.05, 4.69) is 13.8 Å². The first-order chi connectivity index (χ1) is 9.51. The van der Waals surface area contributed by atoms with E-state index < -0.39 is 18.0 Å². The maximum atomic E-state index is 11.4. The minimum atomic E-state index is -0.861. The second kappa shape index (κ2) is 11.7. The van der Waals surface area contributed by atoms with E-state index in [1.54, 1.807) is 0 Å². The summed E-state index contributed by atoms with van der Waals surface area (Å²) >= 11 is 0. The highest BCUT2D eigenvalue weighted by Gasteiger charge is 2.17. The molecule has 0 aliphatic rings. The Bertz CT molecular complexity index is 277. The van der Waals surface area contributed by atoms with Gasteiger partial charge in [-0.3, -0.25) is 4.79 Å². The molecule has 0 heterocycles. The van der Waals surface area contributed by atoms with Crippen molar-refractivity contribution >= 4 is 11.9 Å². The van der Waals surface area contributed by atoms with Crippen molar-refractivity contribution in [1.29, 1.82) is 0 Å². The van der Waals surface area contributed by atoms with E-state index in [4.69, 9.17) is 14.2 Å². The first-order valence-corrected chi connectivity index (χ1v) is 7.42. The molecule has 0 aromatic carbocycles. The van der Waals surface area contributed by atoms with Gasteiger partial charge < -0.3 is 14.2 Å². The SMILES string of the molecule is CCCCC(CC)COCCOC(=O)C(C)OC(C)=O. The second-order valence-corrected chi connectivity index (χ2v) is 4.91. The van der Waals surface area contributed by atoms with Crippen LogP contribution in [-0.2, 0) is 23.8 Å². The van der Waals surface area contributed by atoms with E-state index in [1.807, 2.05) is 0 Å². The van der Waals surface area contributed by atoms with Gasteiger partial charge in [-0.2, -0.15) is 0 Å². The average Bonchev–Trinajstić information content (AvgIpc) is 2.40. The molecule has 20 heavy (non-hydrogen) atoms. The van der Waals surface area contributed by atoms with E-state index in [-0.39, 0.29) is 6.61 Å². The van der Waals surface area contributed by atoms with Gasteiger partial charge in [0.15, 0.2) is 6.10 Å². The fraction of sp³-hybridized carbons (Fsp3) is 0.867. The first-order valence-electron chi connectivity index (χ1n) is 7.42. The van der Waals surface area contributed by atoms with Crippen LogP contribution >= 0.6 is 0 Å². The fourth-order valence-electron chi connectivity index (χ4n) is 1.76. The topological polar surface area (TPSA) is 61.8 Å². The lowest BCUT2D eigenvalue weighted by Crippen LogP contribution is -2.26. The van der Waals surface area contributed by atoms with Crippen LogP contribution in [0.25, 0.3) is 0 Å². The van der Waals surface area contributed by atoms with Crippen LogP contribution in [0.1, 0.15) is 53.4 Å². The van der Waals surface area contributed by atoms with Crippen LogP contribution in [-0.4, -0.2) is 37.9 Å². The van der Waals surface area contributed by atoms with Crippen molar-refractivity contribution in [3.05, 3.63) is 0 Å². The predicted molar refractivity (Wildman–Crippen MR) is 76.3 cm³/mol. The quantitative estimate of drug-likeness (QED) is 0.432. The summed E-state index contributed by atoms with van der Waals surface area (Å²) in [6.07, 6.45) is 3.83. The molecule has 0 N–H and O–H groups in total. The highest BCUT2D eigenvalue weighted by Crippen LogP contribution is 2.12. The zero-order chi connectivity index (χ0) is 15.4. The molecule has 0 bridgehead atoms. The van der Waals surface area contributed by atoms with E-state index in [0.29, 0.717) is 19.1 Å². The summed E-state index contributed by atoms with van der Waals surface area (Å²) < 4.78 is 15.2. The van der Waals surface area contributed by atoms with E-state index >= 15 is 0 Å². The summed E-state index contributed by atoms with van der Waals surface area (Å²) in [5, 5.41) is 0. The average molecular weight is 288 g/mol. The molecular weight excluding hydrogens is 260 g/mol. The van der Waals surface area contributed by atoms with Crippen molar-refractivity contribution in [3.63, 3.8) is 0 Å². The molecule has 0 spiro atoms. The number of esters is 2. The molecule has 0 amide bonds. The normalized spacial score (nSPS) is 13.6. The van der Waals surface area contributed by atoms with E-state index in [9.17, 15) is 9.59 Å². The van der Waals surface area contributed by atoms with Crippen LogP contribution in [0.2, 0.25) is 0 Å². The van der Waals surface area contributed by atoms with Crippen LogP contribution in [0.15, 0.2) is 0 Å². The standard InChI is InChI=1S/C15H28O5/c1-5-7-8-14(6-2)11-18-9-10-19-15(17)12(3)20-13(4)16/h12,14H,5-11H2,1-4H3. The van der Waals surface area contributed by atoms with Gasteiger partial charge in [0.1, 0.15) is 6.61 Å². The lowest BCUT2D eigenvalue weighted by Gasteiger charge is -2.15. The Kier molecular flexibility index (Phi) is 11.1. The highest BCUT2D eigenvalue weighted by atomic mass is 16.6. The van der Waals surface area contributed by atoms with Crippen molar-refractivity contribution in [3.8, 4) is 0 Å². The van der Waals surface area contributed by atoms with Crippen molar-refractivity contribution in [2.75, 3.05) is 19.8 Å². The zero-order valence-corrected chi connectivity index (χ0v) is 13.1. The Morgan fingerprint density at radius 1 is 1.15 bits per heavy atom. The molecule has 0 saturated heterocycles. The monoisotopic (exact) mass is 288 g/mol. The number of carbonyl (C=O) groups excluding carboxylic acids is 2. The molecule has 5 nitrogen and oxygen atoms in total. The molecule has 0 aromatic rings. The number of rotatable bonds is 11. The Labute approximate surface area is 122 Å². The van der Waals surface area contributed by atoms with Crippen molar-refractivity contribution in [1.82, 2.24) is 0 Å². The molecule has 0 aromatic heterocycles. The van der Waals surface area contributed by atoms with Crippen molar-refractivity contribution < 1.29 is 23.8 Å². The Hall–Kier alpha value is -1.10. The van der Waals surface area contributed by atoms with Gasteiger partial charge in [-0.15, -0.1) is 0 Å². The maximum absolute atomic E-state index is 11.4. The molecular formula is C15H28O5. The van der Waals surface area contributed by atoms with Gasteiger partial charge in [0.25, 0.3) is 0 Å². The fourth-order valence-corrected chi connectivity index (χ4v) is 1.76. The van der Waals surface area contributed by atoms with Gasteiger partial charge in [0.05, 0.1) is 6.61 Å². The summed E-state index contributed by atoms with van der Waals surface area (Å²) in [4.78, 5) is 22.1. The highest BCUT2D eigenvalue weighted by molar-refractivity contribution is 5.78. The Balaban J connectivity index is 3.64. The Morgan fingerprint density at radius 3 is 2.40 bits per heavy atom. The van der Waals surface area contributed by atoms with Crippen LogP contribution < -0.4 is 0 Å². The van der Waals surface area contributed by atoms with Crippen molar-refractivity contribution in [2.24, 2.45) is 5.92 Å². The molecule has 0 saturated carbocycles. The van der Waals surface area contributed by atoms with Gasteiger partial charge in [-0.1, -0.05) is 33.1 Å². The minimum absolute atomic E-state index is 0.189.